The lowest BCUT2D eigenvalue weighted by atomic mass is 9.98. The highest BCUT2D eigenvalue weighted by atomic mass is 32.2. The molecule has 3 aromatic carbocycles. The van der Waals surface area contributed by atoms with E-state index in [1.165, 1.54) is 0 Å². The van der Waals surface area contributed by atoms with E-state index in [4.69, 9.17) is 0 Å². The molecule has 2 nitrogen and oxygen atoms in total. The molecule has 0 aromatic heterocycles. The largest absolute Gasteiger partial charge is 0.244 e. The molecule has 0 bridgehead atoms. The smallest absolute Gasteiger partial charge is 0.0785 e. The van der Waals surface area contributed by atoms with Crippen molar-refractivity contribution in [2.45, 2.75) is 4.90 Å². The first-order chi connectivity index (χ1) is 12.2. The van der Waals surface area contributed by atoms with Gasteiger partial charge in [0.2, 0.25) is 0 Å². The van der Waals surface area contributed by atoms with Crippen molar-refractivity contribution in [1.82, 2.24) is 0 Å². The van der Waals surface area contributed by atoms with E-state index in [0.717, 1.165) is 21.6 Å². The minimum atomic E-state index is -2.47. The zero-order chi connectivity index (χ0) is 17.5. The highest BCUT2D eigenvalue weighted by molar-refractivity contribution is 7.93. The Morgan fingerprint density at radius 3 is 1.68 bits per heavy atom. The second kappa shape index (κ2) is 7.95. The highest BCUT2D eigenvalue weighted by Crippen LogP contribution is 2.24. The van der Waals surface area contributed by atoms with E-state index >= 15 is 0 Å². The molecule has 0 unspecified atom stereocenters. The van der Waals surface area contributed by atoms with Crippen LogP contribution in [-0.4, -0.2) is 17.0 Å². The van der Waals surface area contributed by atoms with Gasteiger partial charge in [0.15, 0.2) is 0 Å². The standard InChI is InChI=1S/C22H21NOS/c1-23-25(24,21-15-9-4-10-16-21)18-17-22(19-11-5-2-6-12-19)20-13-7-3-8-14-20/h2-17H,18H2,1H3/t25-/m1/s1. The summed E-state index contributed by atoms with van der Waals surface area (Å²) < 4.78 is 17.5. The van der Waals surface area contributed by atoms with Crippen molar-refractivity contribution in [3.8, 4) is 0 Å². The highest BCUT2D eigenvalue weighted by Gasteiger charge is 2.12. The van der Waals surface area contributed by atoms with E-state index in [2.05, 4.69) is 28.6 Å². The van der Waals surface area contributed by atoms with Crippen LogP contribution in [0.25, 0.3) is 5.57 Å². The van der Waals surface area contributed by atoms with Crippen LogP contribution < -0.4 is 0 Å². The van der Waals surface area contributed by atoms with Gasteiger partial charge in [0.25, 0.3) is 0 Å². The fourth-order valence-corrected chi connectivity index (χ4v) is 4.27. The Hall–Kier alpha value is -2.65. The molecule has 3 heteroatoms. The summed E-state index contributed by atoms with van der Waals surface area (Å²) in [6.45, 7) is 0. The molecule has 0 saturated carbocycles. The van der Waals surface area contributed by atoms with Gasteiger partial charge in [0, 0.05) is 11.9 Å². The minimum Gasteiger partial charge on any atom is -0.244 e. The summed E-state index contributed by atoms with van der Waals surface area (Å²) in [7, 11) is -0.835. The molecule has 0 aliphatic heterocycles. The van der Waals surface area contributed by atoms with Crippen LogP contribution in [0.4, 0.5) is 0 Å². The fourth-order valence-electron chi connectivity index (χ4n) is 2.74. The number of benzene rings is 3. The summed E-state index contributed by atoms with van der Waals surface area (Å²) in [4.78, 5) is 0.772. The average Bonchev–Trinajstić information content (AvgIpc) is 2.70. The van der Waals surface area contributed by atoms with Crippen LogP contribution in [0.15, 0.2) is 106 Å². The molecule has 0 spiro atoms. The van der Waals surface area contributed by atoms with E-state index in [1.54, 1.807) is 7.05 Å². The lowest BCUT2D eigenvalue weighted by Crippen LogP contribution is -2.05. The van der Waals surface area contributed by atoms with E-state index in [1.807, 2.05) is 72.8 Å². The van der Waals surface area contributed by atoms with Gasteiger partial charge in [-0.3, -0.25) is 0 Å². The summed E-state index contributed by atoms with van der Waals surface area (Å²) in [5.41, 5.74) is 3.30. The van der Waals surface area contributed by atoms with Gasteiger partial charge in [0.05, 0.1) is 15.5 Å². The van der Waals surface area contributed by atoms with Crippen LogP contribution in [0.5, 0.6) is 0 Å². The molecule has 3 rings (SSSR count). The first-order valence-corrected chi connectivity index (χ1v) is 9.90. The molecule has 0 N–H and O–H groups in total. The van der Waals surface area contributed by atoms with Crippen molar-refractivity contribution in [1.29, 1.82) is 0 Å². The Bertz CT molecular complexity index is 913. The third kappa shape index (κ3) is 4.06. The summed E-state index contributed by atoms with van der Waals surface area (Å²) >= 11 is 0. The van der Waals surface area contributed by atoms with Crippen molar-refractivity contribution in [3.63, 3.8) is 0 Å². The lowest BCUT2D eigenvalue weighted by molar-refractivity contribution is 0.678. The maximum atomic E-state index is 13.3. The Morgan fingerprint density at radius 1 is 0.800 bits per heavy atom. The average molecular weight is 347 g/mol. The Balaban J connectivity index is 2.04. The molecule has 1 atom stereocenters. The molecule has 3 aromatic rings. The minimum absolute atomic E-state index is 0.382. The topological polar surface area (TPSA) is 29.4 Å². The maximum absolute atomic E-state index is 13.3. The molecular weight excluding hydrogens is 326 g/mol. The van der Waals surface area contributed by atoms with Crippen molar-refractivity contribution < 1.29 is 4.21 Å². The number of hydrogen-bond donors (Lipinski definition) is 0. The number of hydrogen-bond acceptors (Lipinski definition) is 2. The van der Waals surface area contributed by atoms with Gasteiger partial charge >= 0.3 is 0 Å². The van der Waals surface area contributed by atoms with Crippen LogP contribution in [-0.2, 0) is 9.73 Å². The molecular formula is C22H21NOS. The second-order valence-corrected chi connectivity index (χ2v) is 8.10. The first-order valence-electron chi connectivity index (χ1n) is 8.22. The van der Waals surface area contributed by atoms with Crippen LogP contribution in [0, 0.1) is 0 Å². The number of rotatable bonds is 5. The van der Waals surface area contributed by atoms with Crippen LogP contribution in [0.2, 0.25) is 0 Å². The zero-order valence-electron chi connectivity index (χ0n) is 14.2. The summed E-state index contributed by atoms with van der Waals surface area (Å²) in [6.07, 6.45) is 2.05. The zero-order valence-corrected chi connectivity index (χ0v) is 15.0. The van der Waals surface area contributed by atoms with Gasteiger partial charge in [-0.1, -0.05) is 84.9 Å². The Labute approximate surface area is 150 Å². The van der Waals surface area contributed by atoms with E-state index in [9.17, 15) is 4.21 Å². The summed E-state index contributed by atoms with van der Waals surface area (Å²) in [5, 5.41) is 0. The van der Waals surface area contributed by atoms with Gasteiger partial charge in [-0.25, -0.2) is 8.57 Å². The maximum Gasteiger partial charge on any atom is 0.0785 e. The molecule has 0 heterocycles. The van der Waals surface area contributed by atoms with E-state index in [0.29, 0.717) is 5.75 Å². The first kappa shape index (κ1) is 17.2. The second-order valence-electron chi connectivity index (χ2n) is 5.65. The quantitative estimate of drug-likeness (QED) is 0.618. The summed E-state index contributed by atoms with van der Waals surface area (Å²) in [6, 6.07) is 29.9. The molecule has 126 valence electrons. The predicted molar refractivity (Wildman–Crippen MR) is 106 cm³/mol. The van der Waals surface area contributed by atoms with Gasteiger partial charge in [-0.2, -0.15) is 0 Å². The van der Waals surface area contributed by atoms with E-state index in [-0.39, 0.29) is 0 Å². The molecule has 0 saturated heterocycles. The third-order valence-corrected chi connectivity index (χ3v) is 6.31. The predicted octanol–water partition coefficient (Wildman–Crippen LogP) is 5.28. The van der Waals surface area contributed by atoms with Gasteiger partial charge in [-0.15, -0.1) is 0 Å². The SMILES string of the molecule is CN=[S@@](=O)(CC=C(c1ccccc1)c1ccccc1)c1ccccc1. The lowest BCUT2D eigenvalue weighted by Gasteiger charge is -2.11. The molecule has 0 aliphatic carbocycles. The molecule has 0 aliphatic rings. The van der Waals surface area contributed by atoms with Gasteiger partial charge in [-0.05, 0) is 28.8 Å². The summed E-state index contributed by atoms with van der Waals surface area (Å²) in [5.74, 6) is 0.382. The van der Waals surface area contributed by atoms with Crippen LogP contribution in [0.1, 0.15) is 11.1 Å². The Morgan fingerprint density at radius 2 is 1.24 bits per heavy atom. The van der Waals surface area contributed by atoms with Gasteiger partial charge in [0.1, 0.15) is 0 Å². The molecule has 0 fully saturated rings. The Kier molecular flexibility index (Phi) is 5.46. The van der Waals surface area contributed by atoms with Crippen LogP contribution >= 0.6 is 0 Å². The van der Waals surface area contributed by atoms with Gasteiger partial charge < -0.3 is 0 Å². The van der Waals surface area contributed by atoms with Crippen molar-refractivity contribution >= 4 is 15.3 Å². The van der Waals surface area contributed by atoms with E-state index < -0.39 is 9.73 Å². The number of nitrogens with zero attached hydrogens (tertiary/aromatic N) is 1. The fraction of sp³-hybridized carbons (Fsp3) is 0.0909. The van der Waals surface area contributed by atoms with Crippen molar-refractivity contribution in [2.24, 2.45) is 4.36 Å². The van der Waals surface area contributed by atoms with Crippen molar-refractivity contribution in [2.75, 3.05) is 12.8 Å². The molecule has 0 amide bonds. The monoisotopic (exact) mass is 347 g/mol. The normalized spacial score (nSPS) is 12.8. The van der Waals surface area contributed by atoms with Crippen LogP contribution in [0.3, 0.4) is 0 Å². The molecule has 25 heavy (non-hydrogen) atoms. The molecule has 0 radical (unpaired) electrons. The third-order valence-electron chi connectivity index (χ3n) is 4.09. The van der Waals surface area contributed by atoms with Crippen molar-refractivity contribution in [3.05, 3.63) is 108 Å².